The second-order valence-electron chi connectivity index (χ2n) is 3.24. The van der Waals surface area contributed by atoms with Crippen molar-refractivity contribution in [2.75, 3.05) is 6.54 Å². The molecule has 0 heterocycles. The maximum absolute atomic E-state index is 10.1. The highest BCUT2D eigenvalue weighted by Gasteiger charge is 2.09. The summed E-state index contributed by atoms with van der Waals surface area (Å²) in [4.78, 5) is 19.8. The van der Waals surface area contributed by atoms with Crippen LogP contribution < -0.4 is 11.5 Å². The lowest BCUT2D eigenvalue weighted by molar-refractivity contribution is -0.139. The van der Waals surface area contributed by atoms with Gasteiger partial charge in [-0.2, -0.15) is 12.6 Å². The molecule has 0 aliphatic rings. The van der Waals surface area contributed by atoms with E-state index in [0.29, 0.717) is 13.0 Å². The summed E-state index contributed by atoms with van der Waals surface area (Å²) in [6.45, 7) is 2.11. The fourth-order valence-electron chi connectivity index (χ4n) is 0.632. The molecule has 0 aliphatic heterocycles. The minimum Gasteiger partial charge on any atom is -0.480 e. The fourth-order valence-corrected chi connectivity index (χ4v) is 0.632. The summed E-state index contributed by atoms with van der Waals surface area (Å²) >= 11 is 3.59. The van der Waals surface area contributed by atoms with E-state index in [-0.39, 0.29) is 0 Å². The van der Waals surface area contributed by atoms with Crippen LogP contribution in [0.25, 0.3) is 0 Å². The minimum absolute atomic E-state index is 0.520. The van der Waals surface area contributed by atoms with E-state index >= 15 is 0 Å². The summed E-state index contributed by atoms with van der Waals surface area (Å²) in [5, 5.41) is 15.7. The molecule has 0 rings (SSSR count). The van der Waals surface area contributed by atoms with Gasteiger partial charge in [0.25, 0.3) is 0 Å². The number of rotatable bonds is 6. The molecule has 7 heteroatoms. The van der Waals surface area contributed by atoms with Gasteiger partial charge in [-0.3, -0.25) is 9.59 Å². The lowest BCUT2D eigenvalue weighted by atomic mass is 10.1. The molecule has 0 saturated carbocycles. The van der Waals surface area contributed by atoms with Crippen molar-refractivity contribution in [3.8, 4) is 0 Å². The number of unbranched alkanes of at least 4 members (excludes halogenated alkanes) is 1. The van der Waals surface area contributed by atoms with Crippen LogP contribution in [0.5, 0.6) is 0 Å². The van der Waals surface area contributed by atoms with Gasteiger partial charge in [0.15, 0.2) is 0 Å². The second kappa shape index (κ2) is 10.7. The predicted molar refractivity (Wildman–Crippen MR) is 64.6 cm³/mol. The normalized spacial score (nSPS) is 13.2. The molecule has 0 amide bonds. The van der Waals surface area contributed by atoms with E-state index in [4.69, 9.17) is 21.7 Å². The standard InChI is InChI=1S/C6H14N2O2.C3H6O2S/c7-4-2-1-3-5(8)6(9)10;1-2(6)3(4)5/h5H,1-4,7-8H2,(H,9,10);2,6H,1H3,(H,4,5)/t5-;/m0./s1. The van der Waals surface area contributed by atoms with E-state index in [1.165, 1.54) is 6.92 Å². The van der Waals surface area contributed by atoms with Crippen molar-refractivity contribution in [3.63, 3.8) is 0 Å². The number of carboxylic acid groups (broad SMARTS) is 2. The summed E-state index contributed by atoms with van der Waals surface area (Å²) in [6, 6.07) is -0.716. The molecule has 0 radical (unpaired) electrons. The molecule has 0 fully saturated rings. The number of thiol groups is 1. The van der Waals surface area contributed by atoms with E-state index < -0.39 is 23.2 Å². The van der Waals surface area contributed by atoms with Crippen LogP contribution in [0.2, 0.25) is 0 Å². The summed E-state index contributed by atoms with van der Waals surface area (Å²) in [6.07, 6.45) is 2.16. The Morgan fingerprint density at radius 1 is 1.25 bits per heavy atom. The third-order valence-corrected chi connectivity index (χ3v) is 1.86. The Hall–Kier alpha value is -0.790. The molecule has 0 spiro atoms. The largest absolute Gasteiger partial charge is 0.480 e. The molecule has 0 aliphatic carbocycles. The van der Waals surface area contributed by atoms with Crippen LogP contribution in [0.1, 0.15) is 26.2 Å². The smallest absolute Gasteiger partial charge is 0.320 e. The van der Waals surface area contributed by atoms with Gasteiger partial charge < -0.3 is 21.7 Å². The second-order valence-corrected chi connectivity index (χ2v) is 4.02. The topological polar surface area (TPSA) is 127 Å². The van der Waals surface area contributed by atoms with Crippen LogP contribution in [0.15, 0.2) is 0 Å². The lowest BCUT2D eigenvalue weighted by Crippen LogP contribution is -2.29. The molecule has 16 heavy (non-hydrogen) atoms. The molecule has 96 valence electrons. The summed E-state index contributed by atoms with van der Waals surface area (Å²) in [5.74, 6) is -1.81. The zero-order chi connectivity index (χ0) is 13.1. The van der Waals surface area contributed by atoms with Crippen molar-refractivity contribution in [2.45, 2.75) is 37.5 Å². The Balaban J connectivity index is 0. The Bertz CT molecular complexity index is 212. The number of hydrogen-bond donors (Lipinski definition) is 5. The number of carboxylic acids is 2. The first-order valence-corrected chi connectivity index (χ1v) is 5.43. The Morgan fingerprint density at radius 3 is 1.94 bits per heavy atom. The average Bonchev–Trinajstić information content (AvgIpc) is 2.18. The molecule has 6 nitrogen and oxygen atoms in total. The molecule has 0 saturated heterocycles. The third kappa shape index (κ3) is 13.2. The van der Waals surface area contributed by atoms with Crippen LogP contribution in [0.3, 0.4) is 0 Å². The zero-order valence-electron chi connectivity index (χ0n) is 9.30. The van der Waals surface area contributed by atoms with Crippen LogP contribution in [0.4, 0.5) is 0 Å². The van der Waals surface area contributed by atoms with Gasteiger partial charge in [-0.1, -0.05) is 6.42 Å². The first-order chi connectivity index (χ1) is 7.32. The van der Waals surface area contributed by atoms with Gasteiger partial charge in [-0.15, -0.1) is 0 Å². The van der Waals surface area contributed by atoms with Crippen molar-refractivity contribution in [2.24, 2.45) is 11.5 Å². The summed E-state index contributed by atoms with van der Waals surface area (Å²) < 4.78 is 0. The quantitative estimate of drug-likeness (QED) is 0.332. The number of hydrogen-bond acceptors (Lipinski definition) is 5. The van der Waals surface area contributed by atoms with E-state index in [0.717, 1.165) is 12.8 Å². The van der Waals surface area contributed by atoms with Gasteiger partial charge in [0.05, 0.1) is 5.25 Å². The molecule has 0 aromatic heterocycles. The van der Waals surface area contributed by atoms with E-state index in [1.54, 1.807) is 0 Å². The van der Waals surface area contributed by atoms with Crippen LogP contribution >= 0.6 is 12.6 Å². The highest BCUT2D eigenvalue weighted by Crippen LogP contribution is 1.96. The predicted octanol–water partition coefficient (Wildman–Crippen LogP) is -0.0834. The van der Waals surface area contributed by atoms with E-state index in [9.17, 15) is 9.59 Å². The van der Waals surface area contributed by atoms with Crippen LogP contribution in [-0.2, 0) is 9.59 Å². The monoisotopic (exact) mass is 252 g/mol. The van der Waals surface area contributed by atoms with Crippen LogP contribution in [-0.4, -0.2) is 40.0 Å². The molecular formula is C9H20N2O4S. The van der Waals surface area contributed by atoms with Gasteiger partial charge in [0.2, 0.25) is 0 Å². The third-order valence-electron chi connectivity index (χ3n) is 1.64. The SMILES string of the molecule is CC(S)C(=O)O.NCCCC[C@H](N)C(=O)O. The van der Waals surface area contributed by atoms with Gasteiger partial charge in [0.1, 0.15) is 6.04 Å². The van der Waals surface area contributed by atoms with Gasteiger partial charge in [-0.05, 0) is 26.3 Å². The van der Waals surface area contributed by atoms with Crippen LogP contribution in [0, 0.1) is 0 Å². The molecule has 1 unspecified atom stereocenters. The first-order valence-electron chi connectivity index (χ1n) is 4.92. The minimum atomic E-state index is -0.933. The molecular weight excluding hydrogens is 232 g/mol. The number of carbonyl (C=O) groups is 2. The highest BCUT2D eigenvalue weighted by atomic mass is 32.1. The van der Waals surface area contributed by atoms with Crippen molar-refractivity contribution in [1.29, 1.82) is 0 Å². The molecule has 6 N–H and O–H groups in total. The first kappa shape index (κ1) is 17.6. The molecule has 0 aromatic carbocycles. The van der Waals surface area contributed by atoms with E-state index in [2.05, 4.69) is 12.6 Å². The Morgan fingerprint density at radius 2 is 1.69 bits per heavy atom. The Labute approximate surface area is 100 Å². The maximum Gasteiger partial charge on any atom is 0.320 e. The van der Waals surface area contributed by atoms with Crippen molar-refractivity contribution in [1.82, 2.24) is 0 Å². The summed E-state index contributed by atoms with van der Waals surface area (Å²) in [5.41, 5.74) is 10.4. The van der Waals surface area contributed by atoms with Crippen molar-refractivity contribution >= 4 is 24.6 Å². The lowest BCUT2D eigenvalue weighted by Gasteiger charge is -2.03. The number of nitrogens with two attached hydrogens (primary N) is 2. The average molecular weight is 252 g/mol. The van der Waals surface area contributed by atoms with Gasteiger partial charge in [-0.25, -0.2) is 0 Å². The van der Waals surface area contributed by atoms with Crippen molar-refractivity contribution < 1.29 is 19.8 Å². The highest BCUT2D eigenvalue weighted by molar-refractivity contribution is 7.81. The van der Waals surface area contributed by atoms with Crippen molar-refractivity contribution in [3.05, 3.63) is 0 Å². The van der Waals surface area contributed by atoms with Gasteiger partial charge in [0, 0.05) is 0 Å². The maximum atomic E-state index is 10.1. The summed E-state index contributed by atoms with van der Waals surface area (Å²) in [7, 11) is 0. The molecule has 0 aromatic rings. The molecule has 2 atom stereocenters. The van der Waals surface area contributed by atoms with E-state index in [1.807, 2.05) is 0 Å². The zero-order valence-corrected chi connectivity index (χ0v) is 10.2. The Kier molecular flexibility index (Phi) is 11.8. The molecule has 0 bridgehead atoms. The van der Waals surface area contributed by atoms with Gasteiger partial charge >= 0.3 is 11.9 Å². The number of aliphatic carboxylic acids is 2. The fraction of sp³-hybridized carbons (Fsp3) is 0.778.